The third-order valence-corrected chi connectivity index (χ3v) is 3.85. The maximum absolute atomic E-state index is 11.8. The van der Waals surface area contributed by atoms with Crippen LogP contribution in [0.1, 0.15) is 43.1 Å². The molecule has 1 aromatic rings. The Morgan fingerprint density at radius 2 is 2.40 bits per heavy atom. The fourth-order valence-electron chi connectivity index (χ4n) is 2.63. The number of nitrogens with one attached hydrogen (secondary N) is 1. The maximum Gasteiger partial charge on any atom is 0.273 e. The van der Waals surface area contributed by atoms with E-state index in [0.717, 1.165) is 19.5 Å². The first-order valence-corrected chi connectivity index (χ1v) is 7.34. The molecule has 1 aliphatic rings. The van der Waals surface area contributed by atoms with Crippen molar-refractivity contribution in [2.45, 2.75) is 38.6 Å². The van der Waals surface area contributed by atoms with Crippen LogP contribution < -0.4 is 5.32 Å². The summed E-state index contributed by atoms with van der Waals surface area (Å²) >= 11 is 0. The second-order valence-corrected chi connectivity index (χ2v) is 5.36. The van der Waals surface area contributed by atoms with Crippen LogP contribution in [0.25, 0.3) is 0 Å². The number of hydrogen-bond donors (Lipinski definition) is 2. The first-order valence-electron chi connectivity index (χ1n) is 7.34. The Bertz CT molecular complexity index is 450. The Morgan fingerprint density at radius 3 is 3.15 bits per heavy atom. The fourth-order valence-corrected chi connectivity index (χ4v) is 2.63. The Labute approximate surface area is 120 Å². The Kier molecular flexibility index (Phi) is 5.35. The van der Waals surface area contributed by atoms with Gasteiger partial charge in [-0.25, -0.2) is 4.98 Å². The average molecular weight is 277 g/mol. The van der Waals surface area contributed by atoms with Gasteiger partial charge in [-0.15, -0.1) is 0 Å². The lowest BCUT2D eigenvalue weighted by molar-refractivity contribution is 0.0941. The van der Waals surface area contributed by atoms with Crippen LogP contribution in [0, 0.1) is 0 Å². The molecule has 0 aliphatic carbocycles. The second kappa shape index (κ2) is 7.24. The Balaban J connectivity index is 1.71. The first kappa shape index (κ1) is 14.8. The van der Waals surface area contributed by atoms with E-state index in [0.29, 0.717) is 12.6 Å². The number of carbonyl (C=O) groups excluding carboxylic acids is 1. The van der Waals surface area contributed by atoms with Crippen molar-refractivity contribution in [1.29, 1.82) is 0 Å². The summed E-state index contributed by atoms with van der Waals surface area (Å²) < 4.78 is 0. The highest BCUT2D eigenvalue weighted by Crippen LogP contribution is 2.16. The molecule has 0 saturated carbocycles. The molecule has 2 heterocycles. The molecule has 1 fully saturated rings. The number of aromatic hydroxyl groups is 1. The summed E-state index contributed by atoms with van der Waals surface area (Å²) in [6, 6.07) is 3.72. The number of nitrogens with zero attached hydrogens (tertiary/aromatic N) is 2. The van der Waals surface area contributed by atoms with Gasteiger partial charge in [0.2, 0.25) is 0 Å². The normalized spacial score (nSPS) is 19.8. The molecule has 5 heteroatoms. The number of pyridine rings is 1. The van der Waals surface area contributed by atoms with E-state index >= 15 is 0 Å². The molecule has 110 valence electrons. The highest BCUT2D eigenvalue weighted by molar-refractivity contribution is 5.94. The zero-order valence-electron chi connectivity index (χ0n) is 12.0. The molecule has 1 aliphatic heterocycles. The van der Waals surface area contributed by atoms with E-state index in [-0.39, 0.29) is 17.4 Å². The molecule has 0 spiro atoms. The largest absolute Gasteiger partial charge is 0.505 e. The number of rotatable bonds is 5. The summed E-state index contributed by atoms with van der Waals surface area (Å²) in [7, 11) is 0. The van der Waals surface area contributed by atoms with Crippen molar-refractivity contribution in [2.75, 3.05) is 19.6 Å². The van der Waals surface area contributed by atoms with Crippen LogP contribution in [0.5, 0.6) is 5.75 Å². The minimum atomic E-state index is -0.310. The molecular formula is C15H23N3O2. The molecular weight excluding hydrogens is 254 g/mol. The summed E-state index contributed by atoms with van der Waals surface area (Å²) in [4.78, 5) is 18.2. The molecule has 1 amide bonds. The monoisotopic (exact) mass is 277 g/mol. The minimum absolute atomic E-state index is 0.0744. The van der Waals surface area contributed by atoms with Gasteiger partial charge in [0.15, 0.2) is 5.69 Å². The van der Waals surface area contributed by atoms with E-state index in [9.17, 15) is 9.90 Å². The van der Waals surface area contributed by atoms with Crippen LogP contribution in [-0.4, -0.2) is 46.6 Å². The summed E-state index contributed by atoms with van der Waals surface area (Å²) in [5.41, 5.74) is 0.0961. The van der Waals surface area contributed by atoms with Crippen molar-refractivity contribution in [3.8, 4) is 5.75 Å². The van der Waals surface area contributed by atoms with Crippen LogP contribution in [0.2, 0.25) is 0 Å². The Hall–Kier alpha value is -1.62. The summed E-state index contributed by atoms with van der Waals surface area (Å²) in [5.74, 6) is -0.385. The van der Waals surface area contributed by atoms with Crippen LogP contribution in [0.15, 0.2) is 18.3 Å². The zero-order chi connectivity index (χ0) is 14.4. The van der Waals surface area contributed by atoms with Crippen LogP contribution >= 0.6 is 0 Å². The molecule has 0 radical (unpaired) electrons. The van der Waals surface area contributed by atoms with Gasteiger partial charge < -0.3 is 15.3 Å². The van der Waals surface area contributed by atoms with Crippen LogP contribution in [0.4, 0.5) is 0 Å². The molecule has 20 heavy (non-hydrogen) atoms. The smallest absolute Gasteiger partial charge is 0.273 e. The van der Waals surface area contributed by atoms with E-state index in [1.54, 1.807) is 6.07 Å². The molecule has 1 atom stereocenters. The summed E-state index contributed by atoms with van der Waals surface area (Å²) in [5, 5.41) is 12.4. The van der Waals surface area contributed by atoms with Crippen LogP contribution in [0.3, 0.4) is 0 Å². The molecule has 5 nitrogen and oxygen atoms in total. The van der Waals surface area contributed by atoms with Crippen molar-refractivity contribution in [3.63, 3.8) is 0 Å². The number of aromatic nitrogens is 1. The van der Waals surface area contributed by atoms with Crippen molar-refractivity contribution in [1.82, 2.24) is 15.2 Å². The van der Waals surface area contributed by atoms with Crippen molar-refractivity contribution < 1.29 is 9.90 Å². The zero-order valence-corrected chi connectivity index (χ0v) is 12.0. The van der Waals surface area contributed by atoms with Crippen LogP contribution in [-0.2, 0) is 0 Å². The average Bonchev–Trinajstić information content (AvgIpc) is 2.45. The predicted molar refractivity (Wildman–Crippen MR) is 77.7 cm³/mol. The molecule has 1 aromatic heterocycles. The third kappa shape index (κ3) is 3.93. The number of carbonyl (C=O) groups is 1. The highest BCUT2D eigenvalue weighted by atomic mass is 16.3. The molecule has 0 bridgehead atoms. The van der Waals surface area contributed by atoms with E-state index in [1.807, 2.05) is 0 Å². The minimum Gasteiger partial charge on any atom is -0.505 e. The lowest BCUT2D eigenvalue weighted by Crippen LogP contribution is -2.39. The first-order chi connectivity index (χ1) is 9.68. The summed E-state index contributed by atoms with van der Waals surface area (Å²) in [6.07, 6.45) is 6.30. The van der Waals surface area contributed by atoms with Gasteiger partial charge in [-0.1, -0.05) is 6.42 Å². The molecule has 2 N–H and O–H groups in total. The molecule has 1 saturated heterocycles. The maximum atomic E-state index is 11.8. The predicted octanol–water partition coefficient (Wildman–Crippen LogP) is 1.78. The van der Waals surface area contributed by atoms with E-state index < -0.39 is 0 Å². The number of piperidine rings is 1. The van der Waals surface area contributed by atoms with E-state index in [4.69, 9.17) is 0 Å². The van der Waals surface area contributed by atoms with E-state index in [1.165, 1.54) is 31.5 Å². The van der Waals surface area contributed by atoms with Crippen molar-refractivity contribution in [2.24, 2.45) is 0 Å². The van der Waals surface area contributed by atoms with Gasteiger partial charge in [0.25, 0.3) is 5.91 Å². The third-order valence-electron chi connectivity index (χ3n) is 3.85. The number of amides is 1. The van der Waals surface area contributed by atoms with Crippen molar-refractivity contribution >= 4 is 5.91 Å². The SMILES string of the molecule is CC1CCCCN1CCCNC(=O)c1ncccc1O. The number of hydrogen-bond acceptors (Lipinski definition) is 4. The molecule has 2 rings (SSSR count). The Morgan fingerprint density at radius 1 is 1.55 bits per heavy atom. The lowest BCUT2D eigenvalue weighted by atomic mass is 10.0. The standard InChI is InChI=1S/C15H23N3O2/c1-12-6-2-3-10-18(12)11-5-9-17-15(20)14-13(19)7-4-8-16-14/h4,7-8,12,19H,2-3,5-6,9-11H2,1H3,(H,17,20). The number of likely N-dealkylation sites (tertiary alicyclic amines) is 1. The van der Waals surface area contributed by atoms with Gasteiger partial charge in [-0.2, -0.15) is 0 Å². The fraction of sp³-hybridized carbons (Fsp3) is 0.600. The summed E-state index contributed by atoms with van der Waals surface area (Å²) in [6.45, 7) is 5.05. The van der Waals surface area contributed by atoms with Gasteiger partial charge in [-0.3, -0.25) is 4.79 Å². The highest BCUT2D eigenvalue weighted by Gasteiger charge is 2.17. The molecule has 1 unspecified atom stereocenters. The van der Waals surface area contributed by atoms with Gasteiger partial charge in [0, 0.05) is 25.3 Å². The quantitative estimate of drug-likeness (QED) is 0.805. The second-order valence-electron chi connectivity index (χ2n) is 5.36. The van der Waals surface area contributed by atoms with Gasteiger partial charge in [-0.05, 0) is 44.9 Å². The van der Waals surface area contributed by atoms with Gasteiger partial charge in [0.05, 0.1) is 0 Å². The molecule has 0 aromatic carbocycles. The van der Waals surface area contributed by atoms with E-state index in [2.05, 4.69) is 22.1 Å². The van der Waals surface area contributed by atoms with Crippen molar-refractivity contribution in [3.05, 3.63) is 24.0 Å². The van der Waals surface area contributed by atoms with Gasteiger partial charge >= 0.3 is 0 Å². The van der Waals surface area contributed by atoms with Gasteiger partial charge in [0.1, 0.15) is 5.75 Å². The topological polar surface area (TPSA) is 65.5 Å². The lowest BCUT2D eigenvalue weighted by Gasteiger charge is -2.33.